The highest BCUT2D eigenvalue weighted by Crippen LogP contribution is 2.08. The third-order valence-corrected chi connectivity index (χ3v) is 2.35. The smallest absolute Gasteiger partial charge is 0.182 e. The van der Waals surface area contributed by atoms with Gasteiger partial charge in [0, 0.05) is 12.1 Å². The zero-order valence-electron chi connectivity index (χ0n) is 8.20. The van der Waals surface area contributed by atoms with Gasteiger partial charge in [-0.25, -0.2) is 4.39 Å². The van der Waals surface area contributed by atoms with E-state index in [1.54, 1.807) is 6.07 Å². The molecule has 0 aliphatic carbocycles. The minimum Gasteiger partial charge on any atom is -0.378 e. The van der Waals surface area contributed by atoms with E-state index in [2.05, 4.69) is 5.32 Å². The fourth-order valence-electron chi connectivity index (χ4n) is 1.58. The second-order valence-corrected chi connectivity index (χ2v) is 3.46. The minimum absolute atomic E-state index is 0.116. The second-order valence-electron chi connectivity index (χ2n) is 3.46. The molecule has 0 saturated carbocycles. The Hall–Kier alpha value is -1.26. The van der Waals surface area contributed by atoms with Crippen LogP contribution in [0.25, 0.3) is 0 Å². The van der Waals surface area contributed by atoms with Crippen LogP contribution in [0.2, 0.25) is 0 Å². The lowest BCUT2D eigenvalue weighted by atomic mass is 10.0. The molecule has 0 aromatic heterocycles. The molecule has 80 valence electrons. The normalized spacial score (nSPS) is 21.3. The molecule has 1 N–H and O–H groups in total. The summed E-state index contributed by atoms with van der Waals surface area (Å²) < 4.78 is 18.1. The van der Waals surface area contributed by atoms with Gasteiger partial charge < -0.3 is 10.1 Å². The Bertz CT molecular complexity index is 361. The minimum atomic E-state index is -0.391. The molecule has 1 aromatic carbocycles. The van der Waals surface area contributed by atoms with Crippen molar-refractivity contribution in [2.24, 2.45) is 0 Å². The lowest BCUT2D eigenvalue weighted by Gasteiger charge is -2.22. The summed E-state index contributed by atoms with van der Waals surface area (Å²) >= 11 is 0. The Labute approximate surface area is 87.2 Å². The number of hydrogen-bond acceptors (Lipinski definition) is 3. The van der Waals surface area contributed by atoms with Crippen molar-refractivity contribution in [3.05, 3.63) is 35.6 Å². The number of ketones is 1. The van der Waals surface area contributed by atoms with Crippen LogP contribution in [0.1, 0.15) is 10.4 Å². The highest BCUT2D eigenvalue weighted by Gasteiger charge is 2.22. The Morgan fingerprint density at radius 1 is 1.53 bits per heavy atom. The van der Waals surface area contributed by atoms with Gasteiger partial charge in [-0.1, -0.05) is 12.1 Å². The van der Waals surface area contributed by atoms with Crippen LogP contribution in [0.5, 0.6) is 0 Å². The first-order chi connectivity index (χ1) is 7.27. The molecule has 0 radical (unpaired) electrons. The SMILES string of the molecule is O=C(c1cccc(F)c1)C1COCCN1. The first-order valence-electron chi connectivity index (χ1n) is 4.88. The molecule has 1 aliphatic heterocycles. The standard InChI is InChI=1S/C11H12FNO2/c12-9-3-1-2-8(6-9)11(14)10-7-15-5-4-13-10/h1-3,6,10,13H,4-5,7H2. The number of ether oxygens (including phenoxy) is 1. The van der Waals surface area contributed by atoms with Gasteiger partial charge in [-0.3, -0.25) is 4.79 Å². The van der Waals surface area contributed by atoms with E-state index in [1.165, 1.54) is 18.2 Å². The summed E-state index contributed by atoms with van der Waals surface area (Å²) in [7, 11) is 0. The number of hydrogen-bond donors (Lipinski definition) is 1. The molecule has 1 aliphatic rings. The third kappa shape index (κ3) is 2.40. The molecule has 0 bridgehead atoms. The van der Waals surface area contributed by atoms with E-state index in [4.69, 9.17) is 4.74 Å². The van der Waals surface area contributed by atoms with E-state index in [-0.39, 0.29) is 11.8 Å². The Balaban J connectivity index is 2.12. The van der Waals surface area contributed by atoms with E-state index in [0.717, 1.165) is 0 Å². The van der Waals surface area contributed by atoms with Crippen LogP contribution < -0.4 is 5.32 Å². The van der Waals surface area contributed by atoms with Crippen molar-refractivity contribution in [1.29, 1.82) is 0 Å². The van der Waals surface area contributed by atoms with Gasteiger partial charge in [0.15, 0.2) is 5.78 Å². The number of rotatable bonds is 2. The van der Waals surface area contributed by atoms with E-state index in [0.29, 0.717) is 25.3 Å². The molecule has 1 heterocycles. The van der Waals surface area contributed by atoms with Gasteiger partial charge in [0.05, 0.1) is 19.3 Å². The van der Waals surface area contributed by atoms with Crippen LogP contribution in [-0.2, 0) is 4.74 Å². The largest absolute Gasteiger partial charge is 0.378 e. The number of morpholine rings is 1. The first kappa shape index (κ1) is 10.3. The van der Waals surface area contributed by atoms with Crippen LogP contribution in [0, 0.1) is 5.82 Å². The number of carbonyl (C=O) groups is 1. The molecular weight excluding hydrogens is 197 g/mol. The second kappa shape index (κ2) is 4.51. The van der Waals surface area contributed by atoms with E-state index in [1.807, 2.05) is 0 Å². The molecule has 2 rings (SSSR count). The maximum absolute atomic E-state index is 12.9. The van der Waals surface area contributed by atoms with E-state index in [9.17, 15) is 9.18 Å². The molecule has 1 atom stereocenters. The average molecular weight is 209 g/mol. The molecule has 0 amide bonds. The summed E-state index contributed by atoms with van der Waals surface area (Å²) in [6.07, 6.45) is 0. The summed E-state index contributed by atoms with van der Waals surface area (Å²) in [6, 6.07) is 5.37. The Morgan fingerprint density at radius 3 is 3.07 bits per heavy atom. The maximum Gasteiger partial charge on any atom is 0.182 e. The number of carbonyl (C=O) groups excluding carboxylic acids is 1. The molecule has 1 unspecified atom stereocenters. The van der Waals surface area contributed by atoms with Crippen molar-refractivity contribution in [2.75, 3.05) is 19.8 Å². The summed E-state index contributed by atoms with van der Waals surface area (Å²) in [5.41, 5.74) is 0.387. The summed E-state index contributed by atoms with van der Waals surface area (Å²) in [4.78, 5) is 11.8. The predicted molar refractivity (Wildman–Crippen MR) is 53.3 cm³/mol. The number of nitrogens with one attached hydrogen (secondary N) is 1. The van der Waals surface area contributed by atoms with E-state index >= 15 is 0 Å². The molecule has 1 saturated heterocycles. The summed E-state index contributed by atoms with van der Waals surface area (Å²) in [5, 5.41) is 3.04. The maximum atomic E-state index is 12.9. The average Bonchev–Trinajstić information content (AvgIpc) is 2.29. The van der Waals surface area contributed by atoms with Crippen molar-refractivity contribution in [1.82, 2.24) is 5.32 Å². The van der Waals surface area contributed by atoms with Crippen LogP contribution >= 0.6 is 0 Å². The monoisotopic (exact) mass is 209 g/mol. The summed E-state index contributed by atoms with van der Waals surface area (Å²) in [5.74, 6) is -0.508. The van der Waals surface area contributed by atoms with Gasteiger partial charge >= 0.3 is 0 Å². The molecule has 1 fully saturated rings. The third-order valence-electron chi connectivity index (χ3n) is 2.35. The van der Waals surface area contributed by atoms with Crippen LogP contribution in [0.3, 0.4) is 0 Å². The number of Topliss-reactive ketones (excluding diaryl/α,β-unsaturated/α-hetero) is 1. The van der Waals surface area contributed by atoms with Crippen molar-refractivity contribution < 1.29 is 13.9 Å². The van der Waals surface area contributed by atoms with Gasteiger partial charge in [0.1, 0.15) is 5.82 Å². The zero-order chi connectivity index (χ0) is 10.7. The van der Waals surface area contributed by atoms with Gasteiger partial charge in [0.25, 0.3) is 0 Å². The van der Waals surface area contributed by atoms with Crippen LogP contribution in [-0.4, -0.2) is 31.6 Å². The Kier molecular flexibility index (Phi) is 3.08. The highest BCUT2D eigenvalue weighted by atomic mass is 19.1. The summed E-state index contributed by atoms with van der Waals surface area (Å²) in [6.45, 7) is 1.63. The van der Waals surface area contributed by atoms with Gasteiger partial charge in [-0.05, 0) is 12.1 Å². The quantitative estimate of drug-likeness (QED) is 0.738. The van der Waals surface area contributed by atoms with Crippen LogP contribution in [0.4, 0.5) is 4.39 Å². The first-order valence-corrected chi connectivity index (χ1v) is 4.88. The van der Waals surface area contributed by atoms with Crippen molar-refractivity contribution in [3.63, 3.8) is 0 Å². The fraction of sp³-hybridized carbons (Fsp3) is 0.364. The molecule has 0 spiro atoms. The fourth-order valence-corrected chi connectivity index (χ4v) is 1.58. The lowest BCUT2D eigenvalue weighted by Crippen LogP contribution is -2.46. The number of halogens is 1. The Morgan fingerprint density at radius 2 is 2.40 bits per heavy atom. The zero-order valence-corrected chi connectivity index (χ0v) is 8.20. The van der Waals surface area contributed by atoms with Gasteiger partial charge in [-0.15, -0.1) is 0 Å². The molecule has 4 heteroatoms. The predicted octanol–water partition coefficient (Wildman–Crippen LogP) is 0.997. The van der Waals surface area contributed by atoms with Gasteiger partial charge in [-0.2, -0.15) is 0 Å². The molecule has 3 nitrogen and oxygen atoms in total. The molecular formula is C11H12FNO2. The van der Waals surface area contributed by atoms with Crippen LogP contribution in [0.15, 0.2) is 24.3 Å². The molecule has 15 heavy (non-hydrogen) atoms. The topological polar surface area (TPSA) is 38.3 Å². The van der Waals surface area contributed by atoms with Crippen molar-refractivity contribution >= 4 is 5.78 Å². The molecule has 1 aromatic rings. The van der Waals surface area contributed by atoms with Crippen molar-refractivity contribution in [3.8, 4) is 0 Å². The highest BCUT2D eigenvalue weighted by molar-refractivity contribution is 6.00. The van der Waals surface area contributed by atoms with Gasteiger partial charge in [0.2, 0.25) is 0 Å². The lowest BCUT2D eigenvalue weighted by molar-refractivity contribution is 0.0607. The van der Waals surface area contributed by atoms with Crippen molar-refractivity contribution in [2.45, 2.75) is 6.04 Å². The number of benzene rings is 1. The van der Waals surface area contributed by atoms with E-state index < -0.39 is 5.82 Å².